The summed E-state index contributed by atoms with van der Waals surface area (Å²) in [6.07, 6.45) is 0. The van der Waals surface area contributed by atoms with E-state index in [4.69, 9.17) is 10.00 Å². The zero-order valence-electron chi connectivity index (χ0n) is 15.1. The van der Waals surface area contributed by atoms with Gasteiger partial charge >= 0.3 is 0 Å². The van der Waals surface area contributed by atoms with Gasteiger partial charge in [-0.3, -0.25) is 9.89 Å². The summed E-state index contributed by atoms with van der Waals surface area (Å²) in [5.74, 6) is 0.263. The molecule has 1 aliphatic heterocycles. The lowest BCUT2D eigenvalue weighted by Gasteiger charge is -2.41. The number of guanidine groups is 1. The first-order valence-corrected chi connectivity index (χ1v) is 8.42. The number of benzene rings is 1. The van der Waals surface area contributed by atoms with Gasteiger partial charge in [0.2, 0.25) is 0 Å². The predicted molar refractivity (Wildman–Crippen MR) is 95.8 cm³/mol. The second-order valence-corrected chi connectivity index (χ2v) is 6.61. The van der Waals surface area contributed by atoms with Crippen molar-refractivity contribution < 1.29 is 9.13 Å². The molecule has 0 aromatic heterocycles. The monoisotopic (exact) mass is 347 g/mol. The highest BCUT2D eigenvalue weighted by Gasteiger charge is 2.28. The van der Waals surface area contributed by atoms with Crippen molar-refractivity contribution in [3.05, 3.63) is 35.1 Å². The molecule has 136 valence electrons. The fourth-order valence-corrected chi connectivity index (χ4v) is 2.76. The van der Waals surface area contributed by atoms with Gasteiger partial charge in [0, 0.05) is 44.3 Å². The summed E-state index contributed by atoms with van der Waals surface area (Å²) in [6, 6.07) is 6.35. The molecule has 1 saturated heterocycles. The van der Waals surface area contributed by atoms with Crippen LogP contribution in [0.25, 0.3) is 0 Å². The van der Waals surface area contributed by atoms with E-state index in [2.05, 4.69) is 34.4 Å². The molecule has 0 aliphatic carbocycles. The van der Waals surface area contributed by atoms with E-state index in [0.717, 1.165) is 26.3 Å². The van der Waals surface area contributed by atoms with Crippen LogP contribution in [0.2, 0.25) is 0 Å². The average Bonchev–Trinajstić information content (AvgIpc) is 2.64. The average molecular weight is 347 g/mol. The molecule has 2 N–H and O–H groups in total. The number of hydrogen-bond acceptors (Lipinski definition) is 4. The lowest BCUT2D eigenvalue weighted by atomic mass is 10.0. The highest BCUT2D eigenvalue weighted by Crippen LogP contribution is 2.15. The minimum Gasteiger partial charge on any atom is -0.379 e. The Morgan fingerprint density at radius 1 is 1.36 bits per heavy atom. The van der Waals surface area contributed by atoms with Gasteiger partial charge in [-0.15, -0.1) is 0 Å². The third-order valence-corrected chi connectivity index (χ3v) is 4.40. The standard InChI is InChI=1S/C18H26FN5O/c1-18(2,24-6-8-25-9-7-24)13-23-17(21-3)22-12-15-10-14(11-20)4-5-16(15)19/h4-5,10H,6-9,12-13H2,1-3H3,(H2,21,22,23). The first kappa shape index (κ1) is 19.2. The van der Waals surface area contributed by atoms with Gasteiger partial charge in [0.15, 0.2) is 5.96 Å². The third kappa shape index (κ3) is 5.41. The molecule has 0 amide bonds. The van der Waals surface area contributed by atoms with Gasteiger partial charge < -0.3 is 15.4 Å². The van der Waals surface area contributed by atoms with Crippen molar-refractivity contribution in [3.8, 4) is 6.07 Å². The number of morpholine rings is 1. The molecule has 2 rings (SSSR count). The summed E-state index contributed by atoms with van der Waals surface area (Å²) in [5, 5.41) is 15.3. The highest BCUT2D eigenvalue weighted by atomic mass is 19.1. The Labute approximate surface area is 148 Å². The van der Waals surface area contributed by atoms with Gasteiger partial charge in [-0.1, -0.05) is 0 Å². The smallest absolute Gasteiger partial charge is 0.191 e. The van der Waals surface area contributed by atoms with E-state index >= 15 is 0 Å². The number of ether oxygens (including phenoxy) is 1. The number of halogens is 1. The first-order chi connectivity index (χ1) is 12.0. The van der Waals surface area contributed by atoms with Crippen molar-refractivity contribution in [3.63, 3.8) is 0 Å². The van der Waals surface area contributed by atoms with Gasteiger partial charge in [0.05, 0.1) is 24.8 Å². The maximum atomic E-state index is 13.9. The quantitative estimate of drug-likeness (QED) is 0.623. The molecule has 7 heteroatoms. The summed E-state index contributed by atoms with van der Waals surface area (Å²) in [6.45, 7) is 8.64. The normalized spacial score (nSPS) is 16.4. The van der Waals surface area contributed by atoms with E-state index < -0.39 is 0 Å². The summed E-state index contributed by atoms with van der Waals surface area (Å²) >= 11 is 0. The van der Waals surface area contributed by atoms with Crippen LogP contribution < -0.4 is 10.6 Å². The molecule has 0 atom stereocenters. The van der Waals surface area contributed by atoms with Crippen LogP contribution in [0, 0.1) is 17.1 Å². The maximum Gasteiger partial charge on any atom is 0.191 e. The Balaban J connectivity index is 1.89. The van der Waals surface area contributed by atoms with Crippen LogP contribution in [0.5, 0.6) is 0 Å². The second kappa shape index (κ2) is 8.79. The Morgan fingerprint density at radius 2 is 2.08 bits per heavy atom. The molecule has 1 heterocycles. The van der Waals surface area contributed by atoms with Crippen molar-refractivity contribution >= 4 is 5.96 Å². The molecular formula is C18H26FN5O. The molecular weight excluding hydrogens is 321 g/mol. The third-order valence-electron chi connectivity index (χ3n) is 4.40. The van der Waals surface area contributed by atoms with Crippen molar-refractivity contribution in [2.45, 2.75) is 25.9 Å². The fraction of sp³-hybridized carbons (Fsp3) is 0.556. The fourth-order valence-electron chi connectivity index (χ4n) is 2.76. The van der Waals surface area contributed by atoms with Crippen LogP contribution in [0.1, 0.15) is 25.0 Å². The van der Waals surface area contributed by atoms with Crippen molar-refractivity contribution in [2.24, 2.45) is 4.99 Å². The first-order valence-electron chi connectivity index (χ1n) is 8.42. The molecule has 0 unspecified atom stereocenters. The van der Waals surface area contributed by atoms with Gasteiger partial charge in [-0.05, 0) is 32.0 Å². The second-order valence-electron chi connectivity index (χ2n) is 6.61. The Bertz CT molecular complexity index is 647. The van der Waals surface area contributed by atoms with Crippen LogP contribution >= 0.6 is 0 Å². The number of hydrogen-bond donors (Lipinski definition) is 2. The van der Waals surface area contributed by atoms with Crippen LogP contribution in [-0.2, 0) is 11.3 Å². The number of nitrogens with zero attached hydrogens (tertiary/aromatic N) is 3. The molecule has 25 heavy (non-hydrogen) atoms. The van der Waals surface area contributed by atoms with E-state index in [1.165, 1.54) is 12.1 Å². The molecule has 1 aromatic rings. The molecule has 1 aromatic carbocycles. The zero-order valence-corrected chi connectivity index (χ0v) is 15.1. The maximum absolute atomic E-state index is 13.9. The van der Waals surface area contributed by atoms with Crippen molar-refractivity contribution in [2.75, 3.05) is 39.9 Å². The summed E-state index contributed by atoms with van der Waals surface area (Å²) < 4.78 is 19.3. The van der Waals surface area contributed by atoms with Crippen LogP contribution in [-0.4, -0.2) is 56.3 Å². The highest BCUT2D eigenvalue weighted by molar-refractivity contribution is 5.79. The molecule has 1 fully saturated rings. The minimum absolute atomic E-state index is 0.0482. The van der Waals surface area contributed by atoms with Crippen molar-refractivity contribution in [1.82, 2.24) is 15.5 Å². The minimum atomic E-state index is -0.337. The molecule has 0 spiro atoms. The lowest BCUT2D eigenvalue weighted by Crippen LogP contribution is -2.56. The number of aliphatic imine (C=N–C) groups is 1. The summed E-state index contributed by atoms with van der Waals surface area (Å²) in [7, 11) is 1.68. The van der Waals surface area contributed by atoms with E-state index in [-0.39, 0.29) is 17.9 Å². The molecule has 0 radical (unpaired) electrons. The molecule has 1 aliphatic rings. The Morgan fingerprint density at radius 3 is 2.72 bits per heavy atom. The van der Waals surface area contributed by atoms with Crippen LogP contribution in [0.4, 0.5) is 4.39 Å². The van der Waals surface area contributed by atoms with E-state index in [1.807, 2.05) is 6.07 Å². The Kier molecular flexibility index (Phi) is 6.73. The van der Waals surface area contributed by atoms with Gasteiger partial charge in [0.1, 0.15) is 5.82 Å². The predicted octanol–water partition coefficient (Wildman–Crippen LogP) is 1.47. The van der Waals surface area contributed by atoms with E-state index in [1.54, 1.807) is 13.1 Å². The van der Waals surface area contributed by atoms with Crippen LogP contribution in [0.3, 0.4) is 0 Å². The van der Waals surface area contributed by atoms with E-state index in [9.17, 15) is 4.39 Å². The Hall–Kier alpha value is -2.17. The summed E-state index contributed by atoms with van der Waals surface area (Å²) in [4.78, 5) is 6.57. The lowest BCUT2D eigenvalue weighted by molar-refractivity contribution is -0.00834. The van der Waals surface area contributed by atoms with Gasteiger partial charge in [-0.2, -0.15) is 5.26 Å². The van der Waals surface area contributed by atoms with Crippen LogP contribution in [0.15, 0.2) is 23.2 Å². The number of nitrogens with one attached hydrogen (secondary N) is 2. The molecule has 0 bridgehead atoms. The zero-order chi connectivity index (χ0) is 18.3. The largest absolute Gasteiger partial charge is 0.379 e. The molecule has 0 saturated carbocycles. The van der Waals surface area contributed by atoms with E-state index in [0.29, 0.717) is 23.6 Å². The van der Waals surface area contributed by atoms with Gasteiger partial charge in [0.25, 0.3) is 0 Å². The topological polar surface area (TPSA) is 72.7 Å². The summed E-state index contributed by atoms with van der Waals surface area (Å²) in [5.41, 5.74) is 0.830. The molecule has 6 nitrogen and oxygen atoms in total. The van der Waals surface area contributed by atoms with Crippen molar-refractivity contribution in [1.29, 1.82) is 5.26 Å². The number of rotatable bonds is 5. The SMILES string of the molecule is CN=C(NCc1cc(C#N)ccc1F)NCC(C)(C)N1CCOCC1. The van der Waals surface area contributed by atoms with Gasteiger partial charge in [-0.25, -0.2) is 4.39 Å². The number of nitriles is 1.